The summed E-state index contributed by atoms with van der Waals surface area (Å²) in [6.07, 6.45) is 1.52. The van der Waals surface area contributed by atoms with Gasteiger partial charge >= 0.3 is 5.97 Å². The molecule has 1 aromatic carbocycles. The Labute approximate surface area is 101 Å². The quantitative estimate of drug-likeness (QED) is 0.818. The first-order chi connectivity index (χ1) is 8.22. The first-order valence-electron chi connectivity index (χ1n) is 5.98. The lowest BCUT2D eigenvalue weighted by atomic mass is 9.92. The van der Waals surface area contributed by atoms with Gasteiger partial charge in [-0.25, -0.2) is 0 Å². The Balaban J connectivity index is 2.22. The van der Waals surface area contributed by atoms with Crippen molar-refractivity contribution in [1.82, 2.24) is 0 Å². The predicted octanol–water partition coefficient (Wildman–Crippen LogP) is 1.10. The topological polar surface area (TPSA) is 66.6 Å². The number of rotatable bonds is 4. The summed E-state index contributed by atoms with van der Waals surface area (Å²) in [6.45, 7) is 2.06. The zero-order valence-electron chi connectivity index (χ0n) is 9.80. The summed E-state index contributed by atoms with van der Waals surface area (Å²) in [6, 6.07) is 8.03. The van der Waals surface area contributed by atoms with Gasteiger partial charge in [0.25, 0.3) is 0 Å². The van der Waals surface area contributed by atoms with Gasteiger partial charge in [-0.1, -0.05) is 18.2 Å². The van der Waals surface area contributed by atoms with E-state index in [4.69, 9.17) is 10.8 Å². The third-order valence-corrected chi connectivity index (χ3v) is 3.22. The van der Waals surface area contributed by atoms with Gasteiger partial charge in [-0.3, -0.25) is 4.79 Å². The fraction of sp³-hybridized carbons (Fsp3) is 0.462. The van der Waals surface area contributed by atoms with E-state index in [2.05, 4.69) is 11.0 Å². The number of hydrogen-bond donors (Lipinski definition) is 2. The van der Waals surface area contributed by atoms with E-state index < -0.39 is 5.97 Å². The zero-order valence-corrected chi connectivity index (χ0v) is 9.80. The van der Waals surface area contributed by atoms with Gasteiger partial charge in [0, 0.05) is 18.8 Å². The van der Waals surface area contributed by atoms with Crippen LogP contribution in [0, 0.1) is 5.92 Å². The van der Waals surface area contributed by atoms with Gasteiger partial charge < -0.3 is 15.7 Å². The summed E-state index contributed by atoms with van der Waals surface area (Å²) in [4.78, 5) is 13.3. The van der Waals surface area contributed by atoms with Crippen molar-refractivity contribution < 1.29 is 9.90 Å². The van der Waals surface area contributed by atoms with Gasteiger partial charge in [0.05, 0.1) is 5.92 Å². The van der Waals surface area contributed by atoms with Crippen molar-refractivity contribution in [3.05, 3.63) is 29.8 Å². The van der Waals surface area contributed by atoms with Crippen molar-refractivity contribution in [2.45, 2.75) is 12.8 Å². The maximum absolute atomic E-state index is 11.1. The number of carboxylic acid groups (broad SMARTS) is 1. The fourth-order valence-corrected chi connectivity index (χ4v) is 2.35. The molecular formula is C13H18N2O2. The van der Waals surface area contributed by atoms with Gasteiger partial charge in [0.15, 0.2) is 0 Å². The SMILES string of the molecule is NCCCN1CC(C(=O)O)Cc2ccccc21. The number of carbonyl (C=O) groups is 1. The molecule has 0 aromatic heterocycles. The van der Waals surface area contributed by atoms with Crippen LogP contribution in [0.1, 0.15) is 12.0 Å². The van der Waals surface area contributed by atoms with Crippen LogP contribution in [0.3, 0.4) is 0 Å². The summed E-state index contributed by atoms with van der Waals surface area (Å²) < 4.78 is 0. The van der Waals surface area contributed by atoms with E-state index in [1.54, 1.807) is 0 Å². The minimum atomic E-state index is -0.711. The molecular weight excluding hydrogens is 216 g/mol. The van der Waals surface area contributed by atoms with Crippen LogP contribution in [0.4, 0.5) is 5.69 Å². The standard InChI is InChI=1S/C13H18N2O2/c14-6-3-7-15-9-11(13(16)17)8-10-4-1-2-5-12(10)15/h1-2,4-5,11H,3,6-9,14H2,(H,16,17). The number of anilines is 1. The highest BCUT2D eigenvalue weighted by molar-refractivity contribution is 5.73. The Hall–Kier alpha value is -1.55. The fourth-order valence-electron chi connectivity index (χ4n) is 2.35. The normalized spacial score (nSPS) is 18.9. The molecule has 1 aliphatic heterocycles. The van der Waals surface area contributed by atoms with Crippen LogP contribution in [0.25, 0.3) is 0 Å². The second kappa shape index (κ2) is 5.19. The Bertz CT molecular complexity index is 406. The smallest absolute Gasteiger partial charge is 0.308 e. The number of carboxylic acids is 1. The number of benzene rings is 1. The van der Waals surface area contributed by atoms with E-state index in [0.29, 0.717) is 19.5 Å². The lowest BCUT2D eigenvalue weighted by molar-refractivity contribution is -0.141. The zero-order chi connectivity index (χ0) is 12.3. The van der Waals surface area contributed by atoms with Crippen LogP contribution in [-0.2, 0) is 11.2 Å². The van der Waals surface area contributed by atoms with Gasteiger partial charge in [-0.15, -0.1) is 0 Å². The summed E-state index contributed by atoms with van der Waals surface area (Å²) in [5, 5.41) is 9.16. The Morgan fingerprint density at radius 2 is 2.24 bits per heavy atom. The molecule has 1 aliphatic rings. The molecule has 1 aromatic rings. The molecule has 0 radical (unpaired) electrons. The maximum Gasteiger partial charge on any atom is 0.308 e. The third-order valence-electron chi connectivity index (χ3n) is 3.22. The third kappa shape index (κ3) is 2.58. The van der Waals surface area contributed by atoms with Crippen molar-refractivity contribution in [1.29, 1.82) is 0 Å². The molecule has 1 heterocycles. The molecule has 0 fully saturated rings. The number of nitrogens with zero attached hydrogens (tertiary/aromatic N) is 1. The van der Waals surface area contributed by atoms with Crippen LogP contribution < -0.4 is 10.6 Å². The Morgan fingerprint density at radius 3 is 2.94 bits per heavy atom. The monoisotopic (exact) mass is 234 g/mol. The maximum atomic E-state index is 11.1. The molecule has 17 heavy (non-hydrogen) atoms. The molecule has 3 N–H and O–H groups in total. The predicted molar refractivity (Wildman–Crippen MR) is 67.2 cm³/mol. The summed E-state index contributed by atoms with van der Waals surface area (Å²) >= 11 is 0. The van der Waals surface area contributed by atoms with E-state index in [9.17, 15) is 4.79 Å². The molecule has 0 saturated carbocycles. The van der Waals surface area contributed by atoms with Crippen LogP contribution in [-0.4, -0.2) is 30.7 Å². The van der Waals surface area contributed by atoms with Crippen molar-refractivity contribution in [2.75, 3.05) is 24.5 Å². The second-order valence-electron chi connectivity index (χ2n) is 4.46. The summed E-state index contributed by atoms with van der Waals surface area (Å²) in [5.41, 5.74) is 7.81. The van der Waals surface area contributed by atoms with E-state index in [1.165, 1.54) is 5.69 Å². The van der Waals surface area contributed by atoms with E-state index in [-0.39, 0.29) is 5.92 Å². The molecule has 2 rings (SSSR count). The van der Waals surface area contributed by atoms with Crippen LogP contribution in [0.15, 0.2) is 24.3 Å². The highest BCUT2D eigenvalue weighted by Gasteiger charge is 2.28. The number of aliphatic carboxylic acids is 1. The molecule has 4 nitrogen and oxygen atoms in total. The molecule has 0 spiro atoms. The van der Waals surface area contributed by atoms with Crippen molar-refractivity contribution in [3.63, 3.8) is 0 Å². The minimum Gasteiger partial charge on any atom is -0.481 e. The molecule has 0 amide bonds. The largest absolute Gasteiger partial charge is 0.481 e. The van der Waals surface area contributed by atoms with E-state index in [1.807, 2.05) is 18.2 Å². The van der Waals surface area contributed by atoms with E-state index in [0.717, 1.165) is 18.5 Å². The first kappa shape index (κ1) is 11.9. The number of hydrogen-bond acceptors (Lipinski definition) is 3. The Morgan fingerprint density at radius 1 is 1.47 bits per heavy atom. The second-order valence-corrected chi connectivity index (χ2v) is 4.46. The molecule has 0 bridgehead atoms. The molecule has 0 saturated heterocycles. The summed E-state index contributed by atoms with van der Waals surface area (Å²) in [7, 11) is 0. The minimum absolute atomic E-state index is 0.303. The number of fused-ring (bicyclic) bond motifs is 1. The first-order valence-corrected chi connectivity index (χ1v) is 5.98. The molecule has 1 atom stereocenters. The van der Waals surface area contributed by atoms with Gasteiger partial charge in [0.1, 0.15) is 0 Å². The van der Waals surface area contributed by atoms with Crippen LogP contribution in [0.2, 0.25) is 0 Å². The molecule has 4 heteroatoms. The molecule has 92 valence electrons. The van der Waals surface area contributed by atoms with Gasteiger partial charge in [-0.05, 0) is 31.0 Å². The van der Waals surface area contributed by atoms with E-state index >= 15 is 0 Å². The molecule has 1 unspecified atom stereocenters. The van der Waals surface area contributed by atoms with Crippen molar-refractivity contribution in [2.24, 2.45) is 11.7 Å². The van der Waals surface area contributed by atoms with Crippen molar-refractivity contribution >= 4 is 11.7 Å². The number of nitrogens with two attached hydrogens (primary N) is 1. The van der Waals surface area contributed by atoms with Crippen LogP contribution >= 0.6 is 0 Å². The lowest BCUT2D eigenvalue weighted by Crippen LogP contribution is -2.39. The van der Waals surface area contributed by atoms with Crippen molar-refractivity contribution in [3.8, 4) is 0 Å². The highest BCUT2D eigenvalue weighted by atomic mass is 16.4. The Kier molecular flexibility index (Phi) is 3.64. The average Bonchev–Trinajstić information content (AvgIpc) is 2.35. The van der Waals surface area contributed by atoms with Crippen LogP contribution in [0.5, 0.6) is 0 Å². The number of para-hydroxylation sites is 1. The van der Waals surface area contributed by atoms with Gasteiger partial charge in [0.2, 0.25) is 0 Å². The lowest BCUT2D eigenvalue weighted by Gasteiger charge is -2.34. The highest BCUT2D eigenvalue weighted by Crippen LogP contribution is 2.29. The average molecular weight is 234 g/mol. The molecule has 0 aliphatic carbocycles. The summed E-state index contributed by atoms with van der Waals surface area (Å²) in [5.74, 6) is -1.01. The van der Waals surface area contributed by atoms with Gasteiger partial charge in [-0.2, -0.15) is 0 Å².